The fraction of sp³-hybridized carbons (Fsp3) is 0.200. The molecule has 2 aromatic carbocycles. The second kappa shape index (κ2) is 8.50. The topological polar surface area (TPSA) is 98.0 Å². The zero-order chi connectivity index (χ0) is 21.1. The maximum atomic E-state index is 14.3. The highest BCUT2D eigenvalue weighted by Gasteiger charge is 2.17. The van der Waals surface area contributed by atoms with Gasteiger partial charge in [-0.15, -0.1) is 0 Å². The Morgan fingerprint density at radius 2 is 2.00 bits per heavy atom. The van der Waals surface area contributed by atoms with Crippen molar-refractivity contribution in [2.45, 2.75) is 13.0 Å². The van der Waals surface area contributed by atoms with Gasteiger partial charge in [-0.05, 0) is 23.3 Å². The average Bonchev–Trinajstić information content (AvgIpc) is 2.68. The monoisotopic (exact) mass is 421 g/mol. The minimum atomic E-state index is -1.63. The van der Waals surface area contributed by atoms with Crippen molar-refractivity contribution in [3.63, 3.8) is 0 Å². The van der Waals surface area contributed by atoms with Crippen LogP contribution in [0.2, 0.25) is 5.02 Å². The molecule has 3 rings (SSSR count). The van der Waals surface area contributed by atoms with Crippen LogP contribution in [-0.2, 0) is 13.0 Å². The lowest BCUT2D eigenvalue weighted by molar-refractivity contribution is 0.143. The number of hydrogen-bond donors (Lipinski definition) is 2. The Kier molecular flexibility index (Phi) is 6.05. The van der Waals surface area contributed by atoms with Gasteiger partial charge >= 0.3 is 6.16 Å². The Bertz CT molecular complexity index is 1140. The lowest BCUT2D eigenvalue weighted by atomic mass is 10.0. The molecule has 0 saturated heterocycles. The van der Waals surface area contributed by atoms with E-state index in [1.165, 1.54) is 30.0 Å². The molecule has 0 atom stereocenters. The van der Waals surface area contributed by atoms with Crippen LogP contribution in [0.4, 0.5) is 9.18 Å². The molecule has 0 bridgehead atoms. The number of pyridine rings is 1. The van der Waals surface area contributed by atoms with Gasteiger partial charge in [0.15, 0.2) is 5.75 Å². The van der Waals surface area contributed by atoms with E-state index in [9.17, 15) is 19.1 Å². The van der Waals surface area contributed by atoms with Gasteiger partial charge < -0.3 is 24.3 Å². The van der Waals surface area contributed by atoms with Crippen LogP contribution >= 0.6 is 11.6 Å². The second-order valence-electron chi connectivity index (χ2n) is 6.18. The molecule has 0 unspecified atom stereocenters. The number of nitrogens with zero attached hydrogens (tertiary/aromatic N) is 1. The molecule has 3 aromatic rings. The summed E-state index contributed by atoms with van der Waals surface area (Å²) in [6.07, 6.45) is -0.327. The first-order valence-electron chi connectivity index (χ1n) is 8.54. The standard InChI is InChI=1S/C20H17ClFNO6/c1-28-16-9-15-13(8-12(16)7-11-3-2-4-14(21)18(11)22)19(25)17(29-20(26)27)10-23(15)5-6-24/h2-4,8-10,24H,5-7H2,1H3,(H,26,27). The highest BCUT2D eigenvalue weighted by Crippen LogP contribution is 2.29. The van der Waals surface area contributed by atoms with Crippen molar-refractivity contribution in [3.8, 4) is 11.5 Å². The molecule has 0 amide bonds. The largest absolute Gasteiger partial charge is 0.511 e. The van der Waals surface area contributed by atoms with Crippen LogP contribution in [0.25, 0.3) is 10.9 Å². The summed E-state index contributed by atoms with van der Waals surface area (Å²) < 4.78 is 25.8. The fourth-order valence-corrected chi connectivity index (χ4v) is 3.31. The SMILES string of the molecule is COc1cc2c(cc1Cc1cccc(Cl)c1F)c(=O)c(OC(=O)O)cn2CCO. The summed E-state index contributed by atoms with van der Waals surface area (Å²) in [6, 6.07) is 7.69. The van der Waals surface area contributed by atoms with Crippen LogP contribution in [0.15, 0.2) is 41.3 Å². The summed E-state index contributed by atoms with van der Waals surface area (Å²) in [7, 11) is 1.44. The van der Waals surface area contributed by atoms with Crippen molar-refractivity contribution in [2.75, 3.05) is 13.7 Å². The van der Waals surface area contributed by atoms with Gasteiger partial charge in [-0.2, -0.15) is 0 Å². The number of aliphatic hydroxyl groups excluding tert-OH is 1. The first-order chi connectivity index (χ1) is 13.8. The molecular weight excluding hydrogens is 405 g/mol. The number of rotatable bonds is 6. The van der Waals surface area contributed by atoms with Gasteiger partial charge in [0.05, 0.1) is 35.8 Å². The lowest BCUT2D eigenvalue weighted by Gasteiger charge is -2.16. The van der Waals surface area contributed by atoms with Crippen molar-refractivity contribution in [3.05, 3.63) is 68.7 Å². The fourth-order valence-electron chi connectivity index (χ4n) is 3.11. The molecule has 2 N–H and O–H groups in total. The Morgan fingerprint density at radius 1 is 1.24 bits per heavy atom. The van der Waals surface area contributed by atoms with E-state index in [1.807, 2.05) is 0 Å². The van der Waals surface area contributed by atoms with E-state index in [0.29, 0.717) is 22.4 Å². The molecule has 0 spiro atoms. The first kappa shape index (κ1) is 20.6. The maximum absolute atomic E-state index is 14.3. The molecule has 29 heavy (non-hydrogen) atoms. The van der Waals surface area contributed by atoms with E-state index >= 15 is 0 Å². The van der Waals surface area contributed by atoms with Crippen LogP contribution in [-0.4, -0.2) is 34.7 Å². The van der Waals surface area contributed by atoms with Gasteiger partial charge in [0, 0.05) is 19.0 Å². The molecule has 0 radical (unpaired) electrons. The predicted molar refractivity (Wildman–Crippen MR) is 105 cm³/mol. The number of hydrogen-bond acceptors (Lipinski definition) is 5. The lowest BCUT2D eigenvalue weighted by Crippen LogP contribution is -2.17. The summed E-state index contributed by atoms with van der Waals surface area (Å²) in [5.41, 5.74) is 0.575. The predicted octanol–water partition coefficient (Wildman–Crippen LogP) is 3.44. The average molecular weight is 422 g/mol. The molecule has 0 aliphatic carbocycles. The smallest absolute Gasteiger partial charge is 0.496 e. The summed E-state index contributed by atoms with van der Waals surface area (Å²) in [5.74, 6) is -0.574. The molecule has 9 heteroatoms. The van der Waals surface area contributed by atoms with E-state index in [-0.39, 0.29) is 30.0 Å². The number of carboxylic acid groups (broad SMARTS) is 1. The first-order valence-corrected chi connectivity index (χ1v) is 8.92. The quantitative estimate of drug-likeness (QED) is 0.592. The van der Waals surface area contributed by atoms with E-state index in [0.717, 1.165) is 0 Å². The summed E-state index contributed by atoms with van der Waals surface area (Å²) in [4.78, 5) is 23.7. The van der Waals surface area contributed by atoms with Crippen LogP contribution in [0, 0.1) is 5.82 Å². The number of ether oxygens (including phenoxy) is 2. The highest BCUT2D eigenvalue weighted by molar-refractivity contribution is 6.30. The van der Waals surface area contributed by atoms with Crippen LogP contribution in [0.3, 0.4) is 0 Å². The van der Waals surface area contributed by atoms with Gasteiger partial charge in [-0.1, -0.05) is 23.7 Å². The normalized spacial score (nSPS) is 10.9. The van der Waals surface area contributed by atoms with E-state index in [1.54, 1.807) is 18.2 Å². The molecule has 7 nitrogen and oxygen atoms in total. The molecule has 0 aliphatic heterocycles. The van der Waals surface area contributed by atoms with Gasteiger partial charge in [-0.3, -0.25) is 4.79 Å². The molecular formula is C20H17ClFNO6. The summed E-state index contributed by atoms with van der Waals surface area (Å²) >= 11 is 5.84. The van der Waals surface area contributed by atoms with Gasteiger partial charge in [0.2, 0.25) is 5.43 Å². The highest BCUT2D eigenvalue weighted by atomic mass is 35.5. The van der Waals surface area contributed by atoms with Crippen LogP contribution < -0.4 is 14.9 Å². The third kappa shape index (κ3) is 4.18. The van der Waals surface area contributed by atoms with Gasteiger partial charge in [0.25, 0.3) is 0 Å². The third-order valence-corrected chi connectivity index (χ3v) is 4.69. The minimum absolute atomic E-state index is 0.0234. The van der Waals surface area contributed by atoms with Crippen molar-refractivity contribution >= 4 is 28.7 Å². The molecule has 0 saturated carbocycles. The number of aromatic nitrogens is 1. The Labute approximate surface area is 169 Å². The second-order valence-corrected chi connectivity index (χ2v) is 6.59. The van der Waals surface area contributed by atoms with Gasteiger partial charge in [0.1, 0.15) is 11.6 Å². The number of benzene rings is 2. The Hall–Kier alpha value is -3.10. The number of methoxy groups -OCH3 is 1. The number of halogens is 2. The third-order valence-electron chi connectivity index (χ3n) is 4.40. The van der Waals surface area contributed by atoms with Crippen molar-refractivity contribution in [2.24, 2.45) is 0 Å². The van der Waals surface area contributed by atoms with Gasteiger partial charge in [-0.25, -0.2) is 9.18 Å². The summed E-state index contributed by atoms with van der Waals surface area (Å²) in [5, 5.41) is 18.3. The van der Waals surface area contributed by atoms with Crippen LogP contribution in [0.1, 0.15) is 11.1 Å². The Balaban J connectivity index is 2.23. The van der Waals surface area contributed by atoms with E-state index < -0.39 is 23.2 Å². The Morgan fingerprint density at radius 3 is 2.66 bits per heavy atom. The maximum Gasteiger partial charge on any atom is 0.511 e. The van der Waals surface area contributed by atoms with Crippen LogP contribution in [0.5, 0.6) is 11.5 Å². The number of carbonyl (C=O) groups is 1. The minimum Gasteiger partial charge on any atom is -0.496 e. The molecule has 0 fully saturated rings. The van der Waals surface area contributed by atoms with Crippen molar-refractivity contribution < 1.29 is 28.9 Å². The molecule has 1 aromatic heterocycles. The zero-order valence-electron chi connectivity index (χ0n) is 15.3. The van der Waals surface area contributed by atoms with E-state index in [4.69, 9.17) is 21.4 Å². The number of aliphatic hydroxyl groups is 1. The summed E-state index contributed by atoms with van der Waals surface area (Å²) in [6.45, 7) is -0.152. The number of fused-ring (bicyclic) bond motifs is 1. The zero-order valence-corrected chi connectivity index (χ0v) is 16.1. The molecule has 152 valence electrons. The van der Waals surface area contributed by atoms with Crippen molar-refractivity contribution in [1.82, 2.24) is 4.57 Å². The molecule has 0 aliphatic rings. The van der Waals surface area contributed by atoms with E-state index in [2.05, 4.69) is 4.74 Å². The van der Waals surface area contributed by atoms with Crippen molar-refractivity contribution in [1.29, 1.82) is 0 Å². The molecule has 1 heterocycles.